The summed E-state index contributed by atoms with van der Waals surface area (Å²) in [7, 11) is 0. The van der Waals surface area contributed by atoms with Crippen molar-refractivity contribution in [3.05, 3.63) is 97.2 Å². The molecule has 0 aromatic heterocycles. The van der Waals surface area contributed by atoms with E-state index in [1.165, 1.54) is 186 Å². The van der Waals surface area contributed by atoms with E-state index in [0.29, 0.717) is 19.3 Å². The Morgan fingerprint density at radius 3 is 1.24 bits per heavy atom. The lowest BCUT2D eigenvalue weighted by Crippen LogP contribution is -2.61. The van der Waals surface area contributed by atoms with E-state index in [0.717, 1.165) is 70.6 Å². The minimum atomic E-state index is -1.65. The number of carbonyl (C=O) groups excluding carboxylic acids is 2. The standard InChI is InChI=1S/C76H133NO10/c1-4-7-10-13-16-19-22-25-27-29-31-32-33-34-35-36-37-39-40-42-45-48-51-54-57-60-63-69(80)75(84)77-67(68(79)62-59-56-53-50-47-44-24-21-18-15-12-9-6-3)66-85-76-74(73(83)72(82)70(65-78)86-76)87-71(81)64-61-58-55-52-49-46-43-41-38-30-28-26-23-20-17-14-11-8-5-2/h8,11,17,20,25-28,38,41,46,49,55,58-59,62,67-70,72-74,76,78-80,82-83H,4-7,9-10,12-16,18-19,21-24,29-37,39-40,42-45,47-48,50-54,56-57,60-61,63-66H2,1-3H3,(H,77,84)/b11-8-,20-17-,27-25+,28-26-,41-38-,49-46-,58-55-,62-59+. The highest BCUT2D eigenvalue weighted by atomic mass is 16.7. The molecule has 1 amide bonds. The number of allylic oxidation sites excluding steroid dienone is 15. The van der Waals surface area contributed by atoms with E-state index in [-0.39, 0.29) is 19.4 Å². The van der Waals surface area contributed by atoms with Crippen LogP contribution in [0.2, 0.25) is 0 Å². The van der Waals surface area contributed by atoms with Crippen LogP contribution in [0.25, 0.3) is 0 Å². The molecule has 8 unspecified atom stereocenters. The van der Waals surface area contributed by atoms with Crippen molar-refractivity contribution in [2.75, 3.05) is 13.2 Å². The van der Waals surface area contributed by atoms with E-state index in [2.05, 4.69) is 99.0 Å². The molecule has 11 heteroatoms. The van der Waals surface area contributed by atoms with Crippen LogP contribution < -0.4 is 5.32 Å². The first-order valence-corrected chi connectivity index (χ1v) is 36.0. The number of aliphatic hydroxyl groups excluding tert-OH is 5. The number of nitrogens with one attached hydrogen (secondary N) is 1. The third-order valence-corrected chi connectivity index (χ3v) is 16.5. The molecule has 1 fully saturated rings. The van der Waals surface area contributed by atoms with Gasteiger partial charge in [0.15, 0.2) is 12.4 Å². The number of carbonyl (C=O) groups is 2. The molecule has 0 bridgehead atoms. The Balaban J connectivity index is 2.61. The van der Waals surface area contributed by atoms with Gasteiger partial charge < -0.3 is 45.1 Å². The smallest absolute Gasteiger partial charge is 0.306 e. The summed E-state index contributed by atoms with van der Waals surface area (Å²) >= 11 is 0. The molecule has 1 saturated heterocycles. The fraction of sp³-hybridized carbons (Fsp3) is 0.763. The largest absolute Gasteiger partial charge is 0.454 e. The molecule has 11 nitrogen and oxygen atoms in total. The lowest BCUT2D eigenvalue weighted by Gasteiger charge is -2.41. The van der Waals surface area contributed by atoms with Gasteiger partial charge in [0, 0.05) is 6.42 Å². The summed E-state index contributed by atoms with van der Waals surface area (Å²) in [5.41, 5.74) is 0. The molecule has 1 aliphatic rings. The number of aliphatic hydroxyl groups is 5. The van der Waals surface area contributed by atoms with Crippen molar-refractivity contribution >= 4 is 11.9 Å². The van der Waals surface area contributed by atoms with Crippen LogP contribution in [-0.2, 0) is 23.8 Å². The average Bonchev–Trinajstić information content (AvgIpc) is 2.51. The number of rotatable bonds is 61. The number of hydrogen-bond donors (Lipinski definition) is 6. The Bertz CT molecular complexity index is 1790. The van der Waals surface area contributed by atoms with Gasteiger partial charge in [-0.15, -0.1) is 0 Å². The molecule has 8 atom stereocenters. The zero-order valence-corrected chi connectivity index (χ0v) is 55.9. The predicted molar refractivity (Wildman–Crippen MR) is 365 cm³/mol. The first kappa shape index (κ1) is 81.6. The molecule has 0 spiro atoms. The lowest BCUT2D eigenvalue weighted by molar-refractivity contribution is -0.305. The number of esters is 1. The molecule has 0 radical (unpaired) electrons. The molecule has 1 aliphatic heterocycles. The zero-order valence-electron chi connectivity index (χ0n) is 55.9. The Morgan fingerprint density at radius 2 is 0.828 bits per heavy atom. The Morgan fingerprint density at radius 1 is 0.460 bits per heavy atom. The lowest BCUT2D eigenvalue weighted by atomic mass is 9.99. The van der Waals surface area contributed by atoms with Crippen LogP contribution >= 0.6 is 0 Å². The van der Waals surface area contributed by atoms with Gasteiger partial charge in [0.1, 0.15) is 24.4 Å². The third-order valence-electron chi connectivity index (χ3n) is 16.5. The fourth-order valence-corrected chi connectivity index (χ4v) is 10.9. The Hall–Kier alpha value is -3.42. The molecule has 1 rings (SSSR count). The maximum atomic E-state index is 13.5. The molecule has 502 valence electrons. The number of unbranched alkanes of at least 4 members (excludes halogenated alkanes) is 33. The maximum Gasteiger partial charge on any atom is 0.306 e. The molecule has 0 saturated carbocycles. The molecule has 87 heavy (non-hydrogen) atoms. The molecular formula is C76H133NO10. The third kappa shape index (κ3) is 50.0. The van der Waals surface area contributed by atoms with Crippen molar-refractivity contribution in [2.24, 2.45) is 0 Å². The highest BCUT2D eigenvalue weighted by Crippen LogP contribution is 2.26. The zero-order chi connectivity index (χ0) is 63.1. The van der Waals surface area contributed by atoms with Crippen molar-refractivity contribution in [1.29, 1.82) is 0 Å². The van der Waals surface area contributed by atoms with Crippen LogP contribution in [0.1, 0.15) is 310 Å². The summed E-state index contributed by atoms with van der Waals surface area (Å²) in [4.78, 5) is 26.6. The van der Waals surface area contributed by atoms with Crippen LogP contribution in [0.3, 0.4) is 0 Å². The molecule has 0 aliphatic carbocycles. The van der Waals surface area contributed by atoms with Gasteiger partial charge >= 0.3 is 5.97 Å². The summed E-state index contributed by atoms with van der Waals surface area (Å²) in [5.74, 6) is -1.28. The van der Waals surface area contributed by atoms with Gasteiger partial charge in [-0.25, -0.2) is 0 Å². The van der Waals surface area contributed by atoms with Crippen LogP contribution in [-0.4, -0.2) is 99.6 Å². The van der Waals surface area contributed by atoms with E-state index in [1.807, 2.05) is 18.2 Å². The molecule has 6 N–H and O–H groups in total. The SMILES string of the molecule is CC/C=C\C/C=C\C/C=C\C/C=C\C/C=C\C/C=C\CCC(=O)OC1C(OCC(NC(=O)C(O)CCCCCCCCCCCCCCCCCC/C=C/CCCCCCCC)C(O)/C=C/CCCCCCCCCCCCC)OC(CO)C(O)C1O. The van der Waals surface area contributed by atoms with Gasteiger partial charge in [-0.05, 0) is 89.9 Å². The van der Waals surface area contributed by atoms with Crippen LogP contribution in [0.4, 0.5) is 0 Å². The van der Waals surface area contributed by atoms with Crippen LogP contribution in [0.5, 0.6) is 0 Å². The average molecular weight is 1220 g/mol. The number of hydrogen-bond acceptors (Lipinski definition) is 10. The second-order valence-corrected chi connectivity index (χ2v) is 24.6. The van der Waals surface area contributed by atoms with E-state index in [4.69, 9.17) is 14.2 Å². The summed E-state index contributed by atoms with van der Waals surface area (Å²) in [6.45, 7) is 5.67. The minimum absolute atomic E-state index is 0.00454. The van der Waals surface area contributed by atoms with Crippen LogP contribution in [0, 0.1) is 0 Å². The molecule has 1 heterocycles. The Kier molecular flexibility index (Phi) is 58.9. The van der Waals surface area contributed by atoms with Gasteiger partial charge in [-0.3, -0.25) is 9.59 Å². The van der Waals surface area contributed by atoms with E-state index in [9.17, 15) is 35.1 Å². The quantitative estimate of drug-likeness (QED) is 0.0195. The van der Waals surface area contributed by atoms with E-state index < -0.39 is 67.4 Å². The second kappa shape index (κ2) is 62.8. The normalized spacial score (nSPS) is 18.8. The van der Waals surface area contributed by atoms with E-state index >= 15 is 0 Å². The van der Waals surface area contributed by atoms with Gasteiger partial charge in [0.2, 0.25) is 5.91 Å². The molecular weight excluding hydrogens is 1090 g/mol. The first-order chi connectivity index (χ1) is 42.7. The van der Waals surface area contributed by atoms with Crippen molar-refractivity contribution in [2.45, 2.75) is 359 Å². The monoisotopic (exact) mass is 1220 g/mol. The second-order valence-electron chi connectivity index (χ2n) is 24.6. The molecule has 0 aromatic carbocycles. The van der Waals surface area contributed by atoms with Crippen molar-refractivity contribution in [3.63, 3.8) is 0 Å². The van der Waals surface area contributed by atoms with Gasteiger partial charge in [0.25, 0.3) is 0 Å². The highest BCUT2D eigenvalue weighted by molar-refractivity contribution is 5.80. The van der Waals surface area contributed by atoms with Gasteiger partial charge in [0.05, 0.1) is 25.4 Å². The van der Waals surface area contributed by atoms with Crippen LogP contribution in [0.15, 0.2) is 97.2 Å². The Labute approximate surface area is 533 Å². The predicted octanol–water partition coefficient (Wildman–Crippen LogP) is 18.6. The topological polar surface area (TPSA) is 175 Å². The van der Waals surface area contributed by atoms with Crippen molar-refractivity contribution in [1.82, 2.24) is 5.32 Å². The summed E-state index contributed by atoms with van der Waals surface area (Å²) in [6.07, 6.45) is 74.7. The van der Waals surface area contributed by atoms with Gasteiger partial charge in [-0.2, -0.15) is 0 Å². The number of ether oxygens (including phenoxy) is 3. The molecule has 0 aromatic rings. The van der Waals surface area contributed by atoms with E-state index in [1.54, 1.807) is 6.08 Å². The summed E-state index contributed by atoms with van der Waals surface area (Å²) < 4.78 is 17.6. The highest BCUT2D eigenvalue weighted by Gasteiger charge is 2.47. The van der Waals surface area contributed by atoms with Gasteiger partial charge in [-0.1, -0.05) is 311 Å². The minimum Gasteiger partial charge on any atom is -0.454 e. The summed E-state index contributed by atoms with van der Waals surface area (Å²) in [5, 5.41) is 57.2. The summed E-state index contributed by atoms with van der Waals surface area (Å²) in [6, 6.07) is -1.04. The fourth-order valence-electron chi connectivity index (χ4n) is 10.9. The van der Waals surface area contributed by atoms with Crippen molar-refractivity contribution in [3.8, 4) is 0 Å². The maximum absolute atomic E-state index is 13.5. The number of amides is 1. The van der Waals surface area contributed by atoms with Crippen molar-refractivity contribution < 1.29 is 49.3 Å². The first-order valence-electron chi connectivity index (χ1n) is 36.0.